The number of aryl methyl sites for hydroxylation is 2. The number of carbonyl (C=O) groups is 1. The highest BCUT2D eigenvalue weighted by molar-refractivity contribution is 7.98. The van der Waals surface area contributed by atoms with E-state index >= 15 is 8.78 Å². The van der Waals surface area contributed by atoms with Crippen molar-refractivity contribution in [2.24, 2.45) is 0 Å². The van der Waals surface area contributed by atoms with Crippen molar-refractivity contribution in [1.82, 2.24) is 53.9 Å². The van der Waals surface area contributed by atoms with E-state index in [1.54, 1.807) is 54.0 Å². The summed E-state index contributed by atoms with van der Waals surface area (Å²) in [6.07, 6.45) is 10.0. The maximum atomic E-state index is 16.1. The van der Waals surface area contributed by atoms with E-state index < -0.39 is 34.7 Å². The van der Waals surface area contributed by atoms with Crippen LogP contribution in [-0.4, -0.2) is 104 Å². The first-order chi connectivity index (χ1) is 35.6. The van der Waals surface area contributed by atoms with Crippen molar-refractivity contribution < 1.29 is 18.3 Å². The van der Waals surface area contributed by atoms with E-state index in [9.17, 15) is 14.4 Å². The monoisotopic (exact) mass is 1070 g/mol. The summed E-state index contributed by atoms with van der Waals surface area (Å²) in [5, 5.41) is 1.78. The Labute approximate surface area is 446 Å². The van der Waals surface area contributed by atoms with Crippen LogP contribution >= 0.6 is 35.1 Å². The summed E-state index contributed by atoms with van der Waals surface area (Å²) in [4.78, 5) is 79.2. The van der Waals surface area contributed by atoms with E-state index in [2.05, 4.69) is 34.9 Å². The van der Waals surface area contributed by atoms with Crippen LogP contribution in [0.5, 0.6) is 0 Å². The molecule has 8 aromatic heterocycles. The van der Waals surface area contributed by atoms with Gasteiger partial charge in [-0.05, 0) is 126 Å². The average molecular weight is 1080 g/mol. The molecule has 16 nitrogen and oxygen atoms in total. The predicted octanol–water partition coefficient (Wildman–Crippen LogP) is 11.2. The molecule has 9 heterocycles. The number of thioether (sulfide) groups is 2. The van der Waals surface area contributed by atoms with Crippen LogP contribution < -0.4 is 16.3 Å². The molecule has 0 bridgehead atoms. The number of pyridine rings is 6. The van der Waals surface area contributed by atoms with Gasteiger partial charge in [0, 0.05) is 61.6 Å². The maximum Gasteiger partial charge on any atom is 0.410 e. The number of aromatic nitrogens is 10. The van der Waals surface area contributed by atoms with Crippen LogP contribution in [0.4, 0.5) is 19.4 Å². The fourth-order valence-electron chi connectivity index (χ4n) is 8.99. The Balaban J connectivity index is 0.000000211. The lowest BCUT2D eigenvalue weighted by Crippen LogP contribution is -2.55. The molecule has 1 saturated heterocycles. The number of fused-ring (bicyclic) bond motifs is 2. The van der Waals surface area contributed by atoms with Crippen LogP contribution in [0.15, 0.2) is 93.0 Å². The van der Waals surface area contributed by atoms with Crippen LogP contribution in [0.1, 0.15) is 89.7 Å². The lowest BCUT2D eigenvalue weighted by Gasteiger charge is -2.41. The molecule has 1 amide bonds. The Morgan fingerprint density at radius 3 is 1.65 bits per heavy atom. The molecule has 0 spiro atoms. The largest absolute Gasteiger partial charge is 0.444 e. The Hall–Kier alpha value is -6.90. The second kappa shape index (κ2) is 22.1. The maximum absolute atomic E-state index is 16.1. The Morgan fingerprint density at radius 2 is 1.19 bits per heavy atom. The number of hydrogen-bond donors (Lipinski definition) is 0. The number of ether oxygens (including phenoxy) is 1. The van der Waals surface area contributed by atoms with Crippen molar-refractivity contribution in [2.75, 3.05) is 37.0 Å². The molecule has 0 radical (unpaired) electrons. The highest BCUT2D eigenvalue weighted by Crippen LogP contribution is 2.37. The lowest BCUT2D eigenvalue weighted by molar-refractivity contribution is 0.0218. The van der Waals surface area contributed by atoms with Gasteiger partial charge in [0.2, 0.25) is 0 Å². The molecule has 0 unspecified atom stereocenters. The molecule has 75 heavy (non-hydrogen) atoms. The molecule has 1 atom stereocenters. The van der Waals surface area contributed by atoms with Gasteiger partial charge in [-0.2, -0.15) is 9.97 Å². The fraction of sp³-hybridized carbons (Fsp3) is 0.352. The molecule has 1 aliphatic rings. The van der Waals surface area contributed by atoms with E-state index in [0.717, 1.165) is 11.1 Å². The number of piperazine rings is 1. The SMILES string of the molecule is CSc1ncccc1-c1nc2c(cc1F)c(Cl)nc(=O)n2-c1c(C)ccnc1C(C)C.CSc1ncccc1-c1nc2c(cc1F)c(N1CCN(C(=O)OC(C)(C)C)C[C@@H]1C)nc(=O)n2-c1c(C)ccnc1C(C)C. The summed E-state index contributed by atoms with van der Waals surface area (Å²) >= 11 is 9.00. The Morgan fingerprint density at radius 1 is 0.707 bits per heavy atom. The molecule has 390 valence electrons. The molecule has 0 aromatic carbocycles. The van der Waals surface area contributed by atoms with Gasteiger partial charge in [0.15, 0.2) is 11.3 Å². The zero-order valence-corrected chi connectivity index (χ0v) is 46.1. The van der Waals surface area contributed by atoms with Gasteiger partial charge in [0.05, 0.1) is 33.5 Å². The molecule has 21 heteroatoms. The standard InChI is InChI=1S/C32H38FN7O3S.C22H19ClFN5OS/c1-18(2)24-26(19(3)11-13-34-24)40-28-22(16-23(33)25(36-28)21-10-9-12-35-29(21)44-8)27(37-30(40)41)39-15-14-38(17-20(39)4)31(42)43-32(5,6)7;1-11(2)16-18(12(3)7-9-25-16)29-20-14(19(23)28-22(29)30)10-15(24)17(27-20)13-6-5-8-26-21(13)31-4/h9-13,16,18,20H,14-15,17H2,1-8H3;5-11H,1-4H3/t20-;/m0./s1. The number of amides is 1. The molecule has 9 rings (SSSR count). The number of halogens is 3. The highest BCUT2D eigenvalue weighted by atomic mass is 35.5. The molecule has 1 aliphatic heterocycles. The molecule has 8 aromatic rings. The summed E-state index contributed by atoms with van der Waals surface area (Å²) in [5.74, 6) is -0.778. The number of hydrogen-bond acceptors (Lipinski definition) is 15. The van der Waals surface area contributed by atoms with E-state index in [1.807, 2.05) is 98.8 Å². The normalized spacial score (nSPS) is 14.0. The number of nitrogens with zero attached hydrogens (tertiary/aromatic N) is 12. The molecule has 0 N–H and O–H groups in total. The zero-order chi connectivity index (χ0) is 54.2. The van der Waals surface area contributed by atoms with Gasteiger partial charge >= 0.3 is 17.5 Å². The van der Waals surface area contributed by atoms with Gasteiger partial charge in [-0.15, -0.1) is 23.5 Å². The highest BCUT2D eigenvalue weighted by Gasteiger charge is 2.33. The smallest absolute Gasteiger partial charge is 0.410 e. The van der Waals surface area contributed by atoms with Crippen molar-refractivity contribution in [2.45, 2.75) is 103 Å². The first-order valence-corrected chi connectivity index (χ1v) is 27.0. The molecule has 1 fully saturated rings. The summed E-state index contributed by atoms with van der Waals surface area (Å²) in [6, 6.07) is 13.0. The van der Waals surface area contributed by atoms with Crippen molar-refractivity contribution >= 4 is 69.1 Å². The summed E-state index contributed by atoms with van der Waals surface area (Å²) < 4.78 is 39.6. The third kappa shape index (κ3) is 11.0. The van der Waals surface area contributed by atoms with Crippen LogP contribution in [0.25, 0.3) is 56.0 Å². The van der Waals surface area contributed by atoms with Crippen molar-refractivity contribution in [3.05, 3.63) is 134 Å². The van der Waals surface area contributed by atoms with Gasteiger partial charge in [-0.25, -0.2) is 52.2 Å². The topological polar surface area (TPSA) is 180 Å². The second-order valence-electron chi connectivity index (χ2n) is 19.6. The number of anilines is 1. The van der Waals surface area contributed by atoms with Gasteiger partial charge in [-0.3, -0.25) is 9.97 Å². The fourth-order valence-corrected chi connectivity index (χ4v) is 10.3. The predicted molar refractivity (Wildman–Crippen MR) is 293 cm³/mol. The van der Waals surface area contributed by atoms with Crippen LogP contribution in [-0.2, 0) is 4.74 Å². The van der Waals surface area contributed by atoms with Crippen LogP contribution in [0.3, 0.4) is 0 Å². The van der Waals surface area contributed by atoms with Crippen LogP contribution in [0.2, 0.25) is 5.15 Å². The Kier molecular flexibility index (Phi) is 16.0. The van der Waals surface area contributed by atoms with Crippen molar-refractivity contribution in [3.63, 3.8) is 0 Å². The van der Waals surface area contributed by atoms with Gasteiger partial charge in [0.25, 0.3) is 0 Å². The molecule has 0 saturated carbocycles. The summed E-state index contributed by atoms with van der Waals surface area (Å²) in [6.45, 7) is 20.3. The molecular formula is C54H57ClF2N12O4S2. The van der Waals surface area contributed by atoms with E-state index in [1.165, 1.54) is 44.8 Å². The Bertz CT molecular complexity index is 3630. The summed E-state index contributed by atoms with van der Waals surface area (Å²) in [5.41, 5.74) is 4.20. The molecule has 0 aliphatic carbocycles. The third-order valence-corrected chi connectivity index (χ3v) is 14.1. The lowest BCUT2D eigenvalue weighted by atomic mass is 10.0. The van der Waals surface area contributed by atoms with E-state index in [4.69, 9.17) is 21.3 Å². The van der Waals surface area contributed by atoms with E-state index in [-0.39, 0.29) is 51.1 Å². The van der Waals surface area contributed by atoms with Crippen molar-refractivity contribution in [3.8, 4) is 33.9 Å². The van der Waals surface area contributed by atoms with Crippen LogP contribution in [0, 0.1) is 25.5 Å². The van der Waals surface area contributed by atoms with Gasteiger partial charge in [-0.1, -0.05) is 39.3 Å². The first-order valence-electron chi connectivity index (χ1n) is 24.2. The number of carbonyl (C=O) groups excluding carboxylic acids is 1. The van der Waals surface area contributed by atoms with Gasteiger partial charge < -0.3 is 14.5 Å². The number of rotatable bonds is 9. The quantitative estimate of drug-likeness (QED) is 0.0983. The van der Waals surface area contributed by atoms with E-state index in [0.29, 0.717) is 74.8 Å². The minimum Gasteiger partial charge on any atom is -0.444 e. The first kappa shape index (κ1) is 54.4. The molecular weight excluding hydrogens is 1020 g/mol. The summed E-state index contributed by atoms with van der Waals surface area (Å²) in [7, 11) is 0. The zero-order valence-electron chi connectivity index (χ0n) is 43.7. The minimum atomic E-state index is -0.621. The minimum absolute atomic E-state index is 0.00573. The van der Waals surface area contributed by atoms with Gasteiger partial charge in [0.1, 0.15) is 49.6 Å². The second-order valence-corrected chi connectivity index (χ2v) is 21.5. The average Bonchev–Trinajstić information content (AvgIpc) is 3.38. The van der Waals surface area contributed by atoms with Crippen molar-refractivity contribution in [1.29, 1.82) is 0 Å². The third-order valence-electron chi connectivity index (χ3n) is 12.4.